The molecule has 0 aliphatic rings. The molecule has 0 aliphatic heterocycles. The number of hydrogen-bond donors (Lipinski definition) is 0. The van der Waals surface area contributed by atoms with Crippen molar-refractivity contribution in [1.82, 2.24) is 9.66 Å². The Kier molecular flexibility index (Phi) is 7.63. The van der Waals surface area contributed by atoms with E-state index in [-0.39, 0.29) is 34.5 Å². The molecule has 0 unspecified atom stereocenters. The summed E-state index contributed by atoms with van der Waals surface area (Å²) in [5.74, 6) is 0.420. The first kappa shape index (κ1) is 27.8. The van der Waals surface area contributed by atoms with Gasteiger partial charge in [0.1, 0.15) is 12.2 Å². The molecule has 0 fully saturated rings. The molecule has 0 saturated carbocycles. The summed E-state index contributed by atoms with van der Waals surface area (Å²) in [6, 6.07) is 24.2. The minimum Gasteiger partial charge on any atom is -0.481 e. The van der Waals surface area contributed by atoms with Crippen LogP contribution >= 0.6 is 43.5 Å². The van der Waals surface area contributed by atoms with Gasteiger partial charge in [-0.2, -0.15) is 9.78 Å². The molecule has 0 N–H and O–H groups in total. The van der Waals surface area contributed by atoms with E-state index in [9.17, 15) is 14.9 Å². The smallest absolute Gasteiger partial charge is 0.313 e. The lowest BCUT2D eigenvalue weighted by atomic mass is 10.2. The van der Waals surface area contributed by atoms with Crippen molar-refractivity contribution in [3.63, 3.8) is 0 Å². The fourth-order valence-corrected chi connectivity index (χ4v) is 5.76. The van der Waals surface area contributed by atoms with E-state index < -0.39 is 10.5 Å². The molecule has 208 valence electrons. The maximum Gasteiger partial charge on any atom is 0.313 e. The SMILES string of the molecule is O=c1c2ccccc2nc(-c2cc3ccccc3o2)n1N=Cc1cc(Cl)cc([N+](=O)[O-])c1OCc1ccc(Br)cc1Br. The number of ether oxygens (including phenoxy) is 1. The van der Waals surface area contributed by atoms with Crippen molar-refractivity contribution in [1.29, 1.82) is 0 Å². The van der Waals surface area contributed by atoms with Gasteiger partial charge in [0.25, 0.3) is 5.56 Å². The molecule has 0 radical (unpaired) electrons. The highest BCUT2D eigenvalue weighted by molar-refractivity contribution is 9.11. The maximum atomic E-state index is 13.7. The van der Waals surface area contributed by atoms with Gasteiger partial charge in [0.2, 0.25) is 11.6 Å². The third-order valence-electron chi connectivity index (χ3n) is 6.36. The van der Waals surface area contributed by atoms with Gasteiger partial charge in [-0.3, -0.25) is 14.9 Å². The Bertz CT molecular complexity index is 2080. The summed E-state index contributed by atoms with van der Waals surface area (Å²) in [5, 5.41) is 17.7. The number of halogens is 3. The van der Waals surface area contributed by atoms with Crippen LogP contribution < -0.4 is 10.3 Å². The molecule has 9 nitrogen and oxygen atoms in total. The number of rotatable bonds is 7. The van der Waals surface area contributed by atoms with Gasteiger partial charge in [0.15, 0.2) is 5.76 Å². The first-order valence-electron chi connectivity index (χ1n) is 12.4. The van der Waals surface area contributed by atoms with Crippen molar-refractivity contribution in [2.24, 2.45) is 5.10 Å². The average Bonchev–Trinajstić information content (AvgIpc) is 3.41. The van der Waals surface area contributed by atoms with Crippen LogP contribution in [0.3, 0.4) is 0 Å². The topological polar surface area (TPSA) is 113 Å². The number of benzene rings is 4. The normalized spacial score (nSPS) is 11.5. The van der Waals surface area contributed by atoms with Crippen LogP contribution in [0, 0.1) is 10.1 Å². The van der Waals surface area contributed by atoms with E-state index in [1.54, 1.807) is 30.3 Å². The second-order valence-electron chi connectivity index (χ2n) is 9.09. The number of para-hydroxylation sites is 2. The van der Waals surface area contributed by atoms with E-state index in [1.807, 2.05) is 42.5 Å². The second-order valence-corrected chi connectivity index (χ2v) is 11.3. The highest BCUT2D eigenvalue weighted by atomic mass is 79.9. The van der Waals surface area contributed by atoms with Crippen molar-refractivity contribution in [2.45, 2.75) is 6.61 Å². The molecule has 0 aliphatic carbocycles. The molecule has 2 heterocycles. The lowest BCUT2D eigenvalue weighted by Crippen LogP contribution is -2.20. The second kappa shape index (κ2) is 11.5. The summed E-state index contributed by atoms with van der Waals surface area (Å²) in [7, 11) is 0. The summed E-state index contributed by atoms with van der Waals surface area (Å²) in [4.78, 5) is 29.7. The summed E-state index contributed by atoms with van der Waals surface area (Å²) >= 11 is 13.2. The van der Waals surface area contributed by atoms with Crippen LogP contribution in [0.25, 0.3) is 33.5 Å². The van der Waals surface area contributed by atoms with E-state index in [0.29, 0.717) is 22.2 Å². The van der Waals surface area contributed by atoms with Crippen molar-refractivity contribution in [3.8, 4) is 17.3 Å². The predicted octanol–water partition coefficient (Wildman–Crippen LogP) is 8.36. The molecule has 42 heavy (non-hydrogen) atoms. The molecule has 0 amide bonds. The van der Waals surface area contributed by atoms with Gasteiger partial charge in [-0.05, 0) is 42.5 Å². The van der Waals surface area contributed by atoms with Gasteiger partial charge in [-0.1, -0.05) is 79.9 Å². The van der Waals surface area contributed by atoms with Gasteiger partial charge in [0, 0.05) is 36.5 Å². The molecule has 6 aromatic rings. The molecule has 0 bridgehead atoms. The standard InChI is InChI=1S/C30H17Br2ClN4O5/c31-20-10-9-18(23(32)13-20)16-41-28-19(11-21(33)14-25(28)37(39)40)15-34-36-29(27-12-17-5-1-4-8-26(17)42-27)35-24-7-3-2-6-22(24)30(36)38/h1-15H,16H2. The van der Waals surface area contributed by atoms with Crippen LogP contribution in [0.15, 0.2) is 108 Å². The zero-order valence-electron chi connectivity index (χ0n) is 21.3. The first-order valence-corrected chi connectivity index (χ1v) is 14.3. The lowest BCUT2D eigenvalue weighted by Gasteiger charge is -2.12. The lowest BCUT2D eigenvalue weighted by molar-refractivity contribution is -0.385. The fourth-order valence-electron chi connectivity index (χ4n) is 4.38. The zero-order valence-corrected chi connectivity index (χ0v) is 25.3. The summed E-state index contributed by atoms with van der Waals surface area (Å²) < 4.78 is 14.7. The summed E-state index contributed by atoms with van der Waals surface area (Å²) in [6.07, 6.45) is 1.29. The van der Waals surface area contributed by atoms with Crippen LogP contribution in [0.4, 0.5) is 5.69 Å². The molecule has 0 spiro atoms. The van der Waals surface area contributed by atoms with Crippen LogP contribution in [0.2, 0.25) is 5.02 Å². The van der Waals surface area contributed by atoms with E-state index >= 15 is 0 Å². The Balaban J connectivity index is 1.49. The van der Waals surface area contributed by atoms with Crippen LogP contribution in [-0.2, 0) is 6.61 Å². The number of aromatic nitrogens is 2. The third kappa shape index (κ3) is 5.46. The van der Waals surface area contributed by atoms with Crippen molar-refractivity contribution < 1.29 is 14.1 Å². The number of hydrogen-bond acceptors (Lipinski definition) is 7. The van der Waals surface area contributed by atoms with Crippen molar-refractivity contribution in [2.75, 3.05) is 0 Å². The van der Waals surface area contributed by atoms with Gasteiger partial charge in [-0.15, -0.1) is 0 Å². The molecule has 0 saturated heterocycles. The highest BCUT2D eigenvalue weighted by Crippen LogP contribution is 2.35. The Hall–Kier alpha value is -4.32. The van der Waals surface area contributed by atoms with E-state index in [4.69, 9.17) is 20.8 Å². The number of nitrogens with zero attached hydrogens (tertiary/aromatic N) is 4. The van der Waals surface area contributed by atoms with Crippen molar-refractivity contribution in [3.05, 3.63) is 130 Å². The summed E-state index contributed by atoms with van der Waals surface area (Å²) in [6.45, 7) is 0.0128. The number of fused-ring (bicyclic) bond motifs is 2. The number of furan rings is 1. The highest BCUT2D eigenvalue weighted by Gasteiger charge is 2.22. The molecule has 12 heteroatoms. The van der Waals surface area contributed by atoms with Gasteiger partial charge in [-0.25, -0.2) is 4.98 Å². The Morgan fingerprint density at radius 1 is 1.05 bits per heavy atom. The average molecular weight is 709 g/mol. The fraction of sp³-hybridized carbons (Fsp3) is 0.0333. The van der Waals surface area contributed by atoms with Gasteiger partial charge < -0.3 is 9.15 Å². The molecular formula is C30H17Br2ClN4O5. The Labute approximate surface area is 259 Å². The summed E-state index contributed by atoms with van der Waals surface area (Å²) in [5.41, 5.74) is 1.23. The van der Waals surface area contributed by atoms with Crippen molar-refractivity contribution >= 4 is 77.2 Å². The first-order chi connectivity index (χ1) is 20.3. The molecule has 4 aromatic carbocycles. The van der Waals surface area contributed by atoms with Gasteiger partial charge in [0.05, 0.1) is 22.0 Å². The van der Waals surface area contributed by atoms with E-state index in [1.165, 1.54) is 18.3 Å². The van der Waals surface area contributed by atoms with Crippen LogP contribution in [-0.4, -0.2) is 20.8 Å². The minimum absolute atomic E-state index is 0.0128. The molecule has 6 rings (SSSR count). The number of nitro groups is 1. The van der Waals surface area contributed by atoms with Crippen LogP contribution in [0.1, 0.15) is 11.1 Å². The third-order valence-corrected chi connectivity index (χ3v) is 7.81. The van der Waals surface area contributed by atoms with Gasteiger partial charge >= 0.3 is 5.69 Å². The number of nitro benzene ring substituents is 1. The minimum atomic E-state index is -0.585. The van der Waals surface area contributed by atoms with E-state index in [2.05, 4.69) is 41.9 Å². The predicted molar refractivity (Wildman–Crippen MR) is 168 cm³/mol. The quantitative estimate of drug-likeness (QED) is 0.0936. The molecule has 2 aromatic heterocycles. The Morgan fingerprint density at radius 2 is 1.83 bits per heavy atom. The van der Waals surface area contributed by atoms with E-state index in [0.717, 1.165) is 24.6 Å². The molecular weight excluding hydrogens is 692 g/mol. The van der Waals surface area contributed by atoms with Crippen LogP contribution in [0.5, 0.6) is 5.75 Å². The zero-order chi connectivity index (χ0) is 29.4. The maximum absolute atomic E-state index is 13.7. The monoisotopic (exact) mass is 706 g/mol. The Morgan fingerprint density at radius 3 is 2.62 bits per heavy atom. The molecule has 0 atom stereocenters. The largest absolute Gasteiger partial charge is 0.481 e.